The summed E-state index contributed by atoms with van der Waals surface area (Å²) in [5, 5.41) is 48.5. The number of aromatic nitrogens is 6. The Balaban J connectivity index is 0.000000108. The number of pyridine rings is 6. The lowest BCUT2D eigenvalue weighted by Crippen LogP contribution is -1.91. The van der Waals surface area contributed by atoms with Gasteiger partial charge in [0.2, 0.25) is 0 Å². The fourth-order valence-corrected chi connectivity index (χ4v) is 15.0. The maximum atomic E-state index is 9.27. The number of hydrogen-bond donors (Lipinski definition) is 0. The fourth-order valence-electron chi connectivity index (χ4n) is 15.0. The van der Waals surface area contributed by atoms with E-state index in [1.165, 1.54) is 32.3 Å². The number of benzene rings is 12. The summed E-state index contributed by atoms with van der Waals surface area (Å²) in [5.41, 5.74) is 17.0. The van der Waals surface area contributed by atoms with Crippen molar-refractivity contribution in [1.29, 1.82) is 15.8 Å². The number of rotatable bonds is 6. The molecule has 0 unspecified atom stereocenters. The molecule has 9 heterocycles. The quantitative estimate of drug-likeness (QED) is 0.153. The van der Waals surface area contributed by atoms with E-state index in [0.717, 1.165) is 160 Å². The van der Waals surface area contributed by atoms with Crippen LogP contribution in [0.2, 0.25) is 0 Å². The van der Waals surface area contributed by atoms with Gasteiger partial charge < -0.3 is 13.3 Å². The number of furan rings is 3. The van der Waals surface area contributed by atoms with Crippen LogP contribution >= 0.6 is 0 Å². The summed E-state index contributed by atoms with van der Waals surface area (Å²) >= 11 is 0. The van der Waals surface area contributed by atoms with Crippen molar-refractivity contribution < 1.29 is 13.3 Å². The maximum absolute atomic E-state index is 9.27. The number of nitrogens with zero attached hydrogens (tertiary/aromatic N) is 9. The van der Waals surface area contributed by atoms with Gasteiger partial charge in [0.05, 0.1) is 51.4 Å². The lowest BCUT2D eigenvalue weighted by molar-refractivity contribution is 0.669. The molecular weight excluding hydrogens is 1290 g/mol. The van der Waals surface area contributed by atoms with Crippen LogP contribution in [-0.2, 0) is 0 Å². The van der Waals surface area contributed by atoms with E-state index < -0.39 is 0 Å². The minimum Gasteiger partial charge on any atom is -0.456 e. The van der Waals surface area contributed by atoms with Gasteiger partial charge in [-0.2, -0.15) is 15.8 Å². The van der Waals surface area contributed by atoms with Gasteiger partial charge in [0.15, 0.2) is 0 Å². The van der Waals surface area contributed by atoms with E-state index >= 15 is 0 Å². The Kier molecular flexibility index (Phi) is 14.7. The van der Waals surface area contributed by atoms with Crippen molar-refractivity contribution in [2.24, 2.45) is 0 Å². The summed E-state index contributed by atoms with van der Waals surface area (Å²) in [4.78, 5) is 27.2. The van der Waals surface area contributed by atoms with Gasteiger partial charge in [0.25, 0.3) is 0 Å². The van der Waals surface area contributed by atoms with E-state index in [0.29, 0.717) is 22.5 Å². The molecule has 21 aromatic rings. The minimum atomic E-state index is 0.371. The van der Waals surface area contributed by atoms with Crippen LogP contribution < -0.4 is 0 Å². The molecule has 105 heavy (non-hydrogen) atoms. The second-order valence-electron chi connectivity index (χ2n) is 25.7. The Labute approximate surface area is 598 Å². The Morgan fingerprint density at radius 3 is 1.17 bits per heavy atom. The number of fused-ring (bicyclic) bond motifs is 21. The summed E-state index contributed by atoms with van der Waals surface area (Å²) in [7, 11) is 0. The third kappa shape index (κ3) is 10.6. The molecule has 0 saturated heterocycles. The molecular formula is C93H51N9O3. The highest BCUT2D eigenvalue weighted by Gasteiger charge is 2.22. The highest BCUT2D eigenvalue weighted by atomic mass is 16.3. The predicted octanol–water partition coefficient (Wildman–Crippen LogP) is 23.7. The van der Waals surface area contributed by atoms with Crippen LogP contribution in [0.5, 0.6) is 0 Å². The summed E-state index contributed by atoms with van der Waals surface area (Å²) in [6, 6.07) is 101. The van der Waals surface area contributed by atoms with Crippen LogP contribution in [0.3, 0.4) is 0 Å². The van der Waals surface area contributed by atoms with Gasteiger partial charge in [-0.1, -0.05) is 182 Å². The minimum absolute atomic E-state index is 0.371. The molecule has 0 aliphatic rings. The average Bonchev–Trinajstić information content (AvgIpc) is 1.62. The monoisotopic (exact) mass is 1340 g/mol. The number of nitriles is 3. The van der Waals surface area contributed by atoms with Crippen molar-refractivity contribution in [2.45, 2.75) is 0 Å². The first-order valence-electron chi connectivity index (χ1n) is 34.2. The first-order valence-corrected chi connectivity index (χ1v) is 34.2. The zero-order valence-electron chi connectivity index (χ0n) is 55.7. The Bertz CT molecular complexity index is 7010. The average molecular weight is 1340 g/mol. The molecule has 12 nitrogen and oxygen atoms in total. The highest BCUT2D eigenvalue weighted by Crippen LogP contribution is 2.46. The van der Waals surface area contributed by atoms with Gasteiger partial charge in [0.1, 0.15) is 51.3 Å². The van der Waals surface area contributed by atoms with Gasteiger partial charge in [-0.25, -0.2) is 15.0 Å². The van der Waals surface area contributed by atoms with Crippen molar-refractivity contribution in [3.8, 4) is 85.8 Å². The molecule has 0 fully saturated rings. The smallest absolute Gasteiger partial charge is 0.141 e. The molecule has 0 aliphatic carbocycles. The van der Waals surface area contributed by atoms with Crippen molar-refractivity contribution >= 4 is 130 Å². The van der Waals surface area contributed by atoms with Crippen LogP contribution in [-0.4, -0.2) is 29.9 Å². The van der Waals surface area contributed by atoms with E-state index in [4.69, 9.17) is 23.2 Å². The molecule has 0 radical (unpaired) electrons. The van der Waals surface area contributed by atoms with E-state index in [1.54, 1.807) is 43.0 Å². The van der Waals surface area contributed by atoms with E-state index in [2.05, 4.69) is 244 Å². The van der Waals surface area contributed by atoms with Crippen LogP contribution in [0, 0.1) is 34.0 Å². The number of hydrogen-bond acceptors (Lipinski definition) is 12. The van der Waals surface area contributed by atoms with Crippen LogP contribution in [0.1, 0.15) is 16.8 Å². The van der Waals surface area contributed by atoms with Gasteiger partial charge >= 0.3 is 0 Å². The Morgan fingerprint density at radius 1 is 0.248 bits per heavy atom. The normalized spacial score (nSPS) is 11.4. The topological polar surface area (TPSA) is 188 Å². The third-order valence-electron chi connectivity index (χ3n) is 19.7. The molecule has 21 rings (SSSR count). The van der Waals surface area contributed by atoms with Crippen LogP contribution in [0.15, 0.2) is 323 Å². The molecule has 9 aromatic heterocycles. The van der Waals surface area contributed by atoms with Gasteiger partial charge in [-0.05, 0) is 167 Å². The fraction of sp³-hybridized carbons (Fsp3) is 0. The SMILES string of the molecule is N#Cc1cc(-c2cccc(-c3cc4oc5ccc6ccccc6c5c4c4ccccc34)n2)ccn1.N#Cc1ccnc(-c2ccc(-c3cc4oc5ccc6ccccc6c5c4c4ccccc34)cn2)c1.N#Cc1cncc(-c2cccc(-c3cc4oc5ccc6ccccc6c5c4c4ccccc34)n2)c1. The lowest BCUT2D eigenvalue weighted by atomic mass is 9.94. The largest absolute Gasteiger partial charge is 0.456 e. The second-order valence-corrected chi connectivity index (χ2v) is 25.7. The van der Waals surface area contributed by atoms with Crippen molar-refractivity contribution in [1.82, 2.24) is 29.9 Å². The zero-order chi connectivity index (χ0) is 70.1. The second kappa shape index (κ2) is 25.3. The predicted molar refractivity (Wildman–Crippen MR) is 420 cm³/mol. The zero-order valence-corrected chi connectivity index (χ0v) is 55.7. The first kappa shape index (κ1) is 61.1. The van der Waals surface area contributed by atoms with E-state index in [1.807, 2.05) is 60.8 Å². The molecule has 0 N–H and O–H groups in total. The molecule has 0 spiro atoms. The third-order valence-corrected chi connectivity index (χ3v) is 19.7. The molecule has 0 bridgehead atoms. The summed E-state index contributed by atoms with van der Waals surface area (Å²) in [6.45, 7) is 0. The van der Waals surface area contributed by atoms with E-state index in [-0.39, 0.29) is 0 Å². The summed E-state index contributed by atoms with van der Waals surface area (Å²) in [5.74, 6) is 0. The molecule has 12 heteroatoms. The van der Waals surface area contributed by atoms with Crippen molar-refractivity contribution in [3.63, 3.8) is 0 Å². The standard InChI is InChI=1S/3C31H17N3O/c32-16-19-14-21(18-33-17-19)26-10-5-11-27(34-26)25-15-29-31(24-9-4-3-8-23(24)25)30-22-7-2-1-6-20(22)12-13-28(30)35-29;32-18-21-16-20(14-15-33-21)26-10-5-11-27(34-26)25-17-29-31(24-9-4-3-8-23(24)25)30-22-7-2-1-6-19(22)12-13-28(30)35-29;32-17-19-13-14-33-27(15-19)26-11-9-21(18-34-26)25-16-29-31(24-8-4-3-7-23(24)25)30-22-6-2-1-5-20(22)10-12-28(30)35-29/h1-15,17-18H;1-17H;1-16,18H. The van der Waals surface area contributed by atoms with Crippen molar-refractivity contribution in [3.05, 3.63) is 327 Å². The summed E-state index contributed by atoms with van der Waals surface area (Å²) < 4.78 is 19.2. The lowest BCUT2D eigenvalue weighted by Gasteiger charge is -2.10. The highest BCUT2D eigenvalue weighted by molar-refractivity contribution is 6.31. The molecule has 0 saturated carbocycles. The maximum Gasteiger partial charge on any atom is 0.141 e. The first-order chi connectivity index (χ1) is 51.9. The molecule has 12 aromatic carbocycles. The molecule has 0 aliphatic heterocycles. The Morgan fingerprint density at radius 2 is 0.686 bits per heavy atom. The van der Waals surface area contributed by atoms with Gasteiger partial charge in [-0.15, -0.1) is 0 Å². The van der Waals surface area contributed by atoms with Crippen molar-refractivity contribution in [2.75, 3.05) is 0 Å². The van der Waals surface area contributed by atoms with Crippen LogP contribution in [0.25, 0.3) is 198 Å². The Hall–Kier alpha value is -15.0. The van der Waals surface area contributed by atoms with Gasteiger partial charge in [0, 0.05) is 91.1 Å². The molecule has 0 amide bonds. The van der Waals surface area contributed by atoms with Crippen LogP contribution in [0.4, 0.5) is 0 Å². The molecule has 486 valence electrons. The van der Waals surface area contributed by atoms with E-state index in [9.17, 15) is 15.8 Å². The molecule has 0 atom stereocenters. The summed E-state index contributed by atoms with van der Waals surface area (Å²) in [6.07, 6.45) is 8.43. The van der Waals surface area contributed by atoms with Gasteiger partial charge in [-0.3, -0.25) is 15.0 Å².